The molecular weight excluding hydrogens is 192 g/mol. The molecule has 2 aliphatic heterocycles. The third-order valence-corrected chi connectivity index (χ3v) is 3.25. The summed E-state index contributed by atoms with van der Waals surface area (Å²) in [6.07, 6.45) is 0. The van der Waals surface area contributed by atoms with Crippen LogP contribution in [0.2, 0.25) is 0 Å². The third kappa shape index (κ3) is 1.88. The van der Waals surface area contributed by atoms with Crippen molar-refractivity contribution < 1.29 is 9.53 Å². The predicted octanol–water partition coefficient (Wildman–Crippen LogP) is 0.137. The minimum absolute atomic E-state index is 0.0463. The summed E-state index contributed by atoms with van der Waals surface area (Å²) in [6, 6.07) is 0. The smallest absolute Gasteiger partial charge is 0.315 e. The summed E-state index contributed by atoms with van der Waals surface area (Å²) in [4.78, 5) is 12.2. The topological polar surface area (TPSA) is 50.4 Å². The van der Waals surface area contributed by atoms with E-state index < -0.39 is 0 Å². The van der Waals surface area contributed by atoms with Gasteiger partial charge in [0.05, 0.1) is 5.41 Å². The van der Waals surface area contributed by atoms with Gasteiger partial charge < -0.3 is 15.4 Å². The van der Waals surface area contributed by atoms with Gasteiger partial charge in [-0.15, -0.1) is 0 Å². The van der Waals surface area contributed by atoms with Gasteiger partial charge in [-0.05, 0) is 20.8 Å². The Morgan fingerprint density at radius 2 is 1.80 bits per heavy atom. The molecule has 0 unspecified atom stereocenters. The van der Waals surface area contributed by atoms with E-state index in [1.165, 1.54) is 0 Å². The van der Waals surface area contributed by atoms with Crippen LogP contribution in [0.15, 0.2) is 0 Å². The molecule has 0 aromatic carbocycles. The van der Waals surface area contributed by atoms with Gasteiger partial charge >= 0.3 is 5.97 Å². The van der Waals surface area contributed by atoms with Crippen molar-refractivity contribution in [1.29, 1.82) is 0 Å². The van der Waals surface area contributed by atoms with Crippen molar-refractivity contribution in [3.63, 3.8) is 0 Å². The Kier molecular flexibility index (Phi) is 2.51. The monoisotopic (exact) mass is 212 g/mol. The number of carbonyl (C=O) groups excluding carboxylic acids is 1. The van der Waals surface area contributed by atoms with E-state index in [1.54, 1.807) is 0 Å². The number of rotatable bonds is 1. The maximum atomic E-state index is 12.2. The van der Waals surface area contributed by atoms with Crippen molar-refractivity contribution in [2.24, 2.45) is 11.3 Å². The van der Waals surface area contributed by atoms with Crippen LogP contribution in [0.5, 0.6) is 0 Å². The summed E-state index contributed by atoms with van der Waals surface area (Å²) in [7, 11) is 0. The largest absolute Gasteiger partial charge is 0.459 e. The average Bonchev–Trinajstić information content (AvgIpc) is 2.55. The molecule has 0 saturated carbocycles. The number of fused-ring (bicyclic) bond motifs is 1. The van der Waals surface area contributed by atoms with Crippen LogP contribution in [0.3, 0.4) is 0 Å². The highest BCUT2D eigenvalue weighted by Crippen LogP contribution is 2.36. The predicted molar refractivity (Wildman–Crippen MR) is 57.5 cm³/mol. The van der Waals surface area contributed by atoms with Gasteiger partial charge in [-0.2, -0.15) is 0 Å². The lowest BCUT2D eigenvalue weighted by atomic mass is 9.81. The van der Waals surface area contributed by atoms with Gasteiger partial charge in [0.1, 0.15) is 5.60 Å². The van der Waals surface area contributed by atoms with E-state index in [4.69, 9.17) is 4.74 Å². The first kappa shape index (κ1) is 10.9. The van der Waals surface area contributed by atoms with Crippen LogP contribution in [-0.2, 0) is 9.53 Å². The van der Waals surface area contributed by atoms with Gasteiger partial charge in [0.2, 0.25) is 0 Å². The third-order valence-electron chi connectivity index (χ3n) is 3.25. The summed E-state index contributed by atoms with van der Waals surface area (Å²) >= 11 is 0. The van der Waals surface area contributed by atoms with Crippen molar-refractivity contribution in [1.82, 2.24) is 10.6 Å². The molecule has 0 amide bonds. The fourth-order valence-electron chi connectivity index (χ4n) is 2.44. The summed E-state index contributed by atoms with van der Waals surface area (Å²) in [5.74, 6) is 0.349. The minimum atomic E-state index is -0.387. The molecule has 0 atom stereocenters. The van der Waals surface area contributed by atoms with Gasteiger partial charge in [0.15, 0.2) is 0 Å². The van der Waals surface area contributed by atoms with Gasteiger partial charge in [-0.1, -0.05) is 0 Å². The van der Waals surface area contributed by atoms with Gasteiger partial charge in [-0.3, -0.25) is 4.79 Å². The maximum absolute atomic E-state index is 12.2. The lowest BCUT2D eigenvalue weighted by molar-refractivity contribution is -0.167. The van der Waals surface area contributed by atoms with E-state index in [-0.39, 0.29) is 17.0 Å². The summed E-state index contributed by atoms with van der Waals surface area (Å²) in [6.45, 7) is 9.10. The molecule has 0 bridgehead atoms. The van der Waals surface area contributed by atoms with Crippen LogP contribution in [0.1, 0.15) is 20.8 Å². The van der Waals surface area contributed by atoms with Crippen LogP contribution < -0.4 is 10.6 Å². The average molecular weight is 212 g/mol. The van der Waals surface area contributed by atoms with E-state index in [2.05, 4.69) is 10.6 Å². The SMILES string of the molecule is CC(C)(C)OC(=O)C12CNCC1CNC2. The maximum Gasteiger partial charge on any atom is 0.315 e. The molecule has 0 aromatic rings. The Morgan fingerprint density at radius 1 is 1.27 bits per heavy atom. The van der Waals surface area contributed by atoms with Crippen molar-refractivity contribution in [3.05, 3.63) is 0 Å². The standard InChI is InChI=1S/C11H20N2O2/c1-10(2,3)15-9(14)11-6-12-4-8(11)5-13-7-11/h8,12-13H,4-7H2,1-3H3. The molecule has 4 heteroatoms. The first-order chi connectivity index (χ1) is 6.94. The summed E-state index contributed by atoms with van der Waals surface area (Å²) in [5, 5.41) is 6.58. The lowest BCUT2D eigenvalue weighted by Gasteiger charge is -2.29. The van der Waals surface area contributed by atoms with Crippen LogP contribution in [0.25, 0.3) is 0 Å². The summed E-state index contributed by atoms with van der Waals surface area (Å²) < 4.78 is 5.51. The fraction of sp³-hybridized carbons (Fsp3) is 0.909. The van der Waals surface area contributed by atoms with E-state index >= 15 is 0 Å². The first-order valence-corrected chi connectivity index (χ1v) is 5.59. The number of nitrogens with one attached hydrogen (secondary N) is 2. The van der Waals surface area contributed by atoms with Crippen molar-refractivity contribution in [3.8, 4) is 0 Å². The number of esters is 1. The summed E-state index contributed by atoms with van der Waals surface area (Å²) in [5.41, 5.74) is -0.700. The molecule has 2 N–H and O–H groups in total. The second-order valence-electron chi connectivity index (χ2n) is 5.62. The molecule has 2 heterocycles. The number of ether oxygens (including phenoxy) is 1. The normalized spacial score (nSPS) is 35.3. The lowest BCUT2D eigenvalue weighted by Crippen LogP contribution is -2.44. The molecule has 2 aliphatic rings. The molecule has 4 nitrogen and oxygen atoms in total. The molecule has 86 valence electrons. The highest BCUT2D eigenvalue weighted by Gasteiger charge is 2.53. The molecule has 0 spiro atoms. The van der Waals surface area contributed by atoms with E-state index in [0.717, 1.165) is 26.2 Å². The molecular formula is C11H20N2O2. The fourth-order valence-corrected chi connectivity index (χ4v) is 2.44. The van der Waals surface area contributed by atoms with Crippen LogP contribution in [-0.4, -0.2) is 37.7 Å². The van der Waals surface area contributed by atoms with Crippen molar-refractivity contribution in [2.75, 3.05) is 26.2 Å². The van der Waals surface area contributed by atoms with Crippen LogP contribution in [0, 0.1) is 11.3 Å². The van der Waals surface area contributed by atoms with Crippen molar-refractivity contribution >= 4 is 5.97 Å². The second-order valence-corrected chi connectivity index (χ2v) is 5.62. The quantitative estimate of drug-likeness (QED) is 0.607. The minimum Gasteiger partial charge on any atom is -0.459 e. The molecule has 2 saturated heterocycles. The number of carbonyl (C=O) groups is 1. The zero-order valence-corrected chi connectivity index (χ0v) is 9.72. The van der Waals surface area contributed by atoms with Crippen LogP contribution in [0.4, 0.5) is 0 Å². The Morgan fingerprint density at radius 3 is 2.27 bits per heavy atom. The highest BCUT2D eigenvalue weighted by molar-refractivity contribution is 5.79. The molecule has 0 radical (unpaired) electrons. The number of hydrogen-bond acceptors (Lipinski definition) is 4. The zero-order chi connectivity index (χ0) is 11.1. The van der Waals surface area contributed by atoms with E-state index in [1.807, 2.05) is 20.8 Å². The Balaban J connectivity index is 2.11. The molecule has 0 aromatic heterocycles. The van der Waals surface area contributed by atoms with Gasteiger partial charge in [0, 0.05) is 32.1 Å². The van der Waals surface area contributed by atoms with Gasteiger partial charge in [0.25, 0.3) is 0 Å². The van der Waals surface area contributed by atoms with Crippen LogP contribution >= 0.6 is 0 Å². The Bertz CT molecular complexity index is 260. The van der Waals surface area contributed by atoms with Gasteiger partial charge in [-0.25, -0.2) is 0 Å². The molecule has 0 aliphatic carbocycles. The first-order valence-electron chi connectivity index (χ1n) is 5.59. The highest BCUT2D eigenvalue weighted by atomic mass is 16.6. The van der Waals surface area contributed by atoms with Crippen molar-refractivity contribution in [2.45, 2.75) is 26.4 Å². The Hall–Kier alpha value is -0.610. The van der Waals surface area contributed by atoms with E-state index in [0.29, 0.717) is 5.92 Å². The van der Waals surface area contributed by atoms with E-state index in [9.17, 15) is 4.79 Å². The number of hydrogen-bond donors (Lipinski definition) is 2. The second kappa shape index (κ2) is 3.46. The Labute approximate surface area is 90.8 Å². The zero-order valence-electron chi connectivity index (χ0n) is 9.72. The molecule has 2 fully saturated rings. The molecule has 15 heavy (non-hydrogen) atoms. The molecule has 2 rings (SSSR count).